The highest BCUT2D eigenvalue weighted by Gasteiger charge is 2.37. The molecule has 2 amide bonds. The Labute approximate surface area is 259 Å². The lowest BCUT2D eigenvalue weighted by Gasteiger charge is -2.30. The van der Waals surface area contributed by atoms with E-state index in [1.165, 1.54) is 27.8 Å². The van der Waals surface area contributed by atoms with Crippen molar-refractivity contribution >= 4 is 92.2 Å². The molecule has 204 valence electrons. The number of halogens is 4. The summed E-state index contributed by atoms with van der Waals surface area (Å²) < 4.78 is -1.05. The highest BCUT2D eigenvalue weighted by Crippen LogP contribution is 2.51. The average molecular weight is 650 g/mol. The molecule has 0 radical (unpaired) electrons. The van der Waals surface area contributed by atoms with E-state index < -0.39 is 16.0 Å². The molecule has 0 aromatic heterocycles. The van der Waals surface area contributed by atoms with E-state index in [9.17, 15) is 9.59 Å². The number of carbonyl (C=O) groups excluding carboxylic acids is 2. The van der Waals surface area contributed by atoms with Gasteiger partial charge in [0.2, 0.25) is 0 Å². The molecule has 2 N–H and O–H groups in total. The predicted molar refractivity (Wildman–Crippen MR) is 169 cm³/mol. The lowest BCUT2D eigenvalue weighted by molar-refractivity contribution is 0.0945. The van der Waals surface area contributed by atoms with Gasteiger partial charge >= 0.3 is 0 Å². The first-order valence-corrected chi connectivity index (χ1v) is 15.3. The van der Waals surface area contributed by atoms with E-state index in [-0.39, 0.29) is 5.91 Å². The molecule has 0 heterocycles. The van der Waals surface area contributed by atoms with Gasteiger partial charge in [-0.1, -0.05) is 98.9 Å². The van der Waals surface area contributed by atoms with Crippen molar-refractivity contribution in [1.82, 2.24) is 10.9 Å². The molecule has 0 unspecified atom stereocenters. The smallest absolute Gasteiger partial charge is 0.267 e. The van der Waals surface area contributed by atoms with E-state index in [0.29, 0.717) is 36.7 Å². The van der Waals surface area contributed by atoms with E-state index in [0.717, 1.165) is 0 Å². The molecule has 3 aromatic rings. The third-order valence-electron chi connectivity index (χ3n) is 5.41. The van der Waals surface area contributed by atoms with Crippen LogP contribution in [0.3, 0.4) is 0 Å². The van der Waals surface area contributed by atoms with Gasteiger partial charge in [0, 0.05) is 38.2 Å². The summed E-state index contributed by atoms with van der Waals surface area (Å²) in [6.45, 7) is 0. The zero-order valence-electron chi connectivity index (χ0n) is 20.4. The molecule has 0 saturated heterocycles. The van der Waals surface area contributed by atoms with E-state index >= 15 is 0 Å². The lowest BCUT2D eigenvalue weighted by atomic mass is 10.0. The van der Waals surface area contributed by atoms with Crippen LogP contribution in [0.25, 0.3) is 0 Å². The summed E-state index contributed by atoms with van der Waals surface area (Å²) in [6.07, 6.45) is 8.21. The van der Waals surface area contributed by atoms with Gasteiger partial charge in [0.05, 0.1) is 16.8 Å². The molecule has 12 heteroatoms. The fourth-order valence-electron chi connectivity index (χ4n) is 3.38. The van der Waals surface area contributed by atoms with Crippen LogP contribution in [0.15, 0.2) is 111 Å². The van der Waals surface area contributed by atoms with Gasteiger partial charge in [-0.05, 0) is 48.6 Å². The zero-order valence-corrected chi connectivity index (χ0v) is 25.1. The molecule has 0 spiro atoms. The summed E-state index contributed by atoms with van der Waals surface area (Å²) in [4.78, 5) is 25.9. The molecular formula is C28H20Cl4N4O2S2. The summed E-state index contributed by atoms with van der Waals surface area (Å²) in [5, 5.41) is 9.51. The van der Waals surface area contributed by atoms with Crippen LogP contribution in [0, 0.1) is 5.92 Å². The summed E-state index contributed by atoms with van der Waals surface area (Å²) in [7, 11) is 2.60. The van der Waals surface area contributed by atoms with E-state index in [2.05, 4.69) is 21.1 Å². The van der Waals surface area contributed by atoms with Gasteiger partial charge in [-0.25, -0.2) is 10.9 Å². The molecule has 6 nitrogen and oxygen atoms in total. The van der Waals surface area contributed by atoms with Crippen molar-refractivity contribution in [2.24, 2.45) is 16.1 Å². The first-order chi connectivity index (χ1) is 19.2. The van der Waals surface area contributed by atoms with Crippen LogP contribution in [0.1, 0.15) is 26.3 Å². The minimum Gasteiger partial charge on any atom is -0.267 e. The van der Waals surface area contributed by atoms with Gasteiger partial charge in [-0.15, -0.1) is 11.6 Å². The number of allylic oxidation sites excluding steroid dienone is 3. The Morgan fingerprint density at radius 1 is 0.900 bits per heavy atom. The molecule has 40 heavy (non-hydrogen) atoms. The summed E-state index contributed by atoms with van der Waals surface area (Å²) in [6, 6.07) is 20.8. The first kappa shape index (κ1) is 30.2. The Hall–Kier alpha value is -2.72. The maximum Gasteiger partial charge on any atom is 0.272 e. The van der Waals surface area contributed by atoms with Crippen LogP contribution in [-0.4, -0.2) is 28.4 Å². The second kappa shape index (κ2) is 14.3. The fourth-order valence-corrected chi connectivity index (χ4v) is 7.33. The number of hydrogen-bond donors (Lipinski definition) is 2. The highest BCUT2D eigenvalue weighted by atomic mass is 35.5. The molecule has 0 fully saturated rings. The second-order valence-electron chi connectivity index (χ2n) is 8.22. The van der Waals surface area contributed by atoms with E-state index in [1.54, 1.807) is 85.1 Å². The number of benzene rings is 3. The predicted octanol–water partition coefficient (Wildman–Crippen LogP) is 8.16. The largest absolute Gasteiger partial charge is 0.272 e. The van der Waals surface area contributed by atoms with Crippen molar-refractivity contribution in [3.05, 3.63) is 123 Å². The summed E-state index contributed by atoms with van der Waals surface area (Å²) in [5.74, 6) is -1.17. The summed E-state index contributed by atoms with van der Waals surface area (Å²) >= 11 is 25.4. The Morgan fingerprint density at radius 3 is 2.40 bits per heavy atom. The molecule has 1 aliphatic rings. The third-order valence-corrected chi connectivity index (χ3v) is 9.96. The Balaban J connectivity index is 1.43. The van der Waals surface area contributed by atoms with Crippen molar-refractivity contribution < 1.29 is 9.59 Å². The molecule has 4 rings (SSSR count). The van der Waals surface area contributed by atoms with Gasteiger partial charge < -0.3 is 0 Å². The van der Waals surface area contributed by atoms with E-state index in [1.807, 2.05) is 12.1 Å². The minimum atomic E-state index is -1.05. The maximum absolute atomic E-state index is 12.9. The van der Waals surface area contributed by atoms with Crippen molar-refractivity contribution in [2.45, 2.75) is 9.10 Å². The quantitative estimate of drug-likeness (QED) is 0.106. The molecule has 3 aromatic carbocycles. The number of amides is 2. The molecule has 1 aliphatic carbocycles. The number of hydrogen-bond acceptors (Lipinski definition) is 6. The number of hydrazone groups is 2. The van der Waals surface area contributed by atoms with Gasteiger partial charge in [0.1, 0.15) is 4.21 Å². The average Bonchev–Trinajstić information content (AvgIpc) is 2.95. The van der Waals surface area contributed by atoms with Crippen LogP contribution < -0.4 is 10.9 Å². The number of rotatable bonds is 9. The second-order valence-corrected chi connectivity index (χ2v) is 12.8. The first-order valence-electron chi connectivity index (χ1n) is 11.6. The molecule has 0 bridgehead atoms. The lowest BCUT2D eigenvalue weighted by Crippen LogP contribution is -2.29. The number of nitrogens with zero attached hydrogens (tertiary/aromatic N) is 2. The number of alkyl halides is 1. The van der Waals surface area contributed by atoms with Crippen molar-refractivity contribution in [3.8, 4) is 0 Å². The Bertz CT molecular complexity index is 1520. The van der Waals surface area contributed by atoms with Crippen molar-refractivity contribution in [3.63, 3.8) is 0 Å². The standard InChI is InChI=1S/C28H20Cl4N4O2S2/c29-21-12-10-19(24(31)14-21)16-33-36-27(38)23-8-4-5-9-25(23)39-40-28(32)15-22(30)13-11-20(28)17-34-35-26(37)18-6-2-1-3-7-18/h1-17,20H,(H,35,37)(H,36,38)/b33-16-,34-17-/t20-,28-/m1/s1. The maximum atomic E-state index is 12.9. The normalized spacial score (nSPS) is 18.6. The Morgan fingerprint density at radius 2 is 1.62 bits per heavy atom. The monoisotopic (exact) mass is 648 g/mol. The van der Waals surface area contributed by atoms with Gasteiger partial charge in [-0.3, -0.25) is 9.59 Å². The molecule has 2 atom stereocenters. The minimum absolute atomic E-state index is 0.339. The van der Waals surface area contributed by atoms with Gasteiger partial charge in [0.15, 0.2) is 0 Å². The molecule has 0 aliphatic heterocycles. The zero-order chi connectivity index (χ0) is 28.5. The van der Waals surface area contributed by atoms with Crippen LogP contribution >= 0.6 is 68.0 Å². The van der Waals surface area contributed by atoms with Crippen LogP contribution in [-0.2, 0) is 0 Å². The Kier molecular flexibility index (Phi) is 10.8. The van der Waals surface area contributed by atoms with Crippen LogP contribution in [0.4, 0.5) is 0 Å². The number of nitrogens with one attached hydrogen (secondary N) is 2. The van der Waals surface area contributed by atoms with Crippen LogP contribution in [0.2, 0.25) is 10.0 Å². The SMILES string of the molecule is O=C(N/N=C\[C@H]1C=CC(Cl)=C[C@@]1(Cl)SSc1ccccc1C(=O)N/N=C\c1ccc(Cl)cc1Cl)c1ccccc1. The van der Waals surface area contributed by atoms with Gasteiger partial charge in [-0.2, -0.15) is 10.2 Å². The summed E-state index contributed by atoms with van der Waals surface area (Å²) in [5.41, 5.74) is 6.54. The molecular weight excluding hydrogens is 630 g/mol. The highest BCUT2D eigenvalue weighted by molar-refractivity contribution is 8.77. The molecule has 0 saturated carbocycles. The fraction of sp³-hybridized carbons (Fsp3) is 0.0714. The number of carbonyl (C=O) groups is 2. The van der Waals surface area contributed by atoms with Gasteiger partial charge in [0.25, 0.3) is 11.8 Å². The van der Waals surface area contributed by atoms with Crippen molar-refractivity contribution in [2.75, 3.05) is 0 Å². The topological polar surface area (TPSA) is 82.9 Å². The van der Waals surface area contributed by atoms with Crippen molar-refractivity contribution in [1.29, 1.82) is 0 Å². The third kappa shape index (κ3) is 8.16. The van der Waals surface area contributed by atoms with Crippen LogP contribution in [0.5, 0.6) is 0 Å². The van der Waals surface area contributed by atoms with E-state index in [4.69, 9.17) is 46.4 Å².